The van der Waals surface area contributed by atoms with Gasteiger partial charge in [0.1, 0.15) is 0 Å². The van der Waals surface area contributed by atoms with Gasteiger partial charge in [-0.15, -0.1) is 0 Å². The summed E-state index contributed by atoms with van der Waals surface area (Å²) in [5.41, 5.74) is 9.09. The minimum absolute atomic E-state index is 0.249. The van der Waals surface area contributed by atoms with E-state index < -0.39 is 0 Å². The van der Waals surface area contributed by atoms with Gasteiger partial charge in [-0.25, -0.2) is 0 Å². The number of hydrogen-bond donors (Lipinski definition) is 1. The molecule has 1 fully saturated rings. The summed E-state index contributed by atoms with van der Waals surface area (Å²) in [5, 5.41) is 0. The third-order valence-electron chi connectivity index (χ3n) is 4.85. The lowest BCUT2D eigenvalue weighted by atomic mass is 9.74. The van der Waals surface area contributed by atoms with Gasteiger partial charge in [-0.2, -0.15) is 0 Å². The Kier molecular flexibility index (Phi) is 4.69. The highest BCUT2D eigenvalue weighted by molar-refractivity contribution is 9.10. The highest BCUT2D eigenvalue weighted by Crippen LogP contribution is 2.49. The van der Waals surface area contributed by atoms with Crippen molar-refractivity contribution in [2.75, 3.05) is 13.2 Å². The maximum atomic E-state index is 6.87. The van der Waals surface area contributed by atoms with E-state index in [1.165, 1.54) is 30.4 Å². The van der Waals surface area contributed by atoms with Crippen molar-refractivity contribution < 1.29 is 9.47 Å². The molecule has 1 aromatic rings. The molecule has 1 heterocycles. The standard InChI is InChI=1S/C18H26BrNO2/c1-12(2)15-16(18(20)7-4-3-5-8-18)13(19)11-14-17(15)22-10-6-9-21-14/h11-12H,3-10,20H2,1-2H3. The molecule has 122 valence electrons. The number of rotatable bonds is 2. The number of halogens is 1. The van der Waals surface area contributed by atoms with Gasteiger partial charge >= 0.3 is 0 Å². The first-order valence-electron chi connectivity index (χ1n) is 8.44. The average molecular weight is 368 g/mol. The fraction of sp³-hybridized carbons (Fsp3) is 0.667. The minimum atomic E-state index is -0.249. The van der Waals surface area contributed by atoms with Gasteiger partial charge in [0.15, 0.2) is 11.5 Å². The molecule has 0 saturated heterocycles. The zero-order valence-corrected chi connectivity index (χ0v) is 15.2. The van der Waals surface area contributed by atoms with Crippen LogP contribution in [0.1, 0.15) is 69.4 Å². The summed E-state index contributed by atoms with van der Waals surface area (Å²) in [6.45, 7) is 5.85. The van der Waals surface area contributed by atoms with E-state index in [1.807, 2.05) is 0 Å². The van der Waals surface area contributed by atoms with E-state index >= 15 is 0 Å². The predicted octanol–water partition coefficient (Wildman–Crippen LogP) is 4.85. The summed E-state index contributed by atoms with van der Waals surface area (Å²) < 4.78 is 13.0. The number of hydrogen-bond acceptors (Lipinski definition) is 3. The number of benzene rings is 1. The molecule has 1 aliphatic carbocycles. The van der Waals surface area contributed by atoms with E-state index in [-0.39, 0.29) is 5.54 Å². The second kappa shape index (κ2) is 6.40. The van der Waals surface area contributed by atoms with Crippen LogP contribution in [0, 0.1) is 0 Å². The SMILES string of the molecule is CC(C)c1c2c(cc(Br)c1C1(N)CCCCC1)OCCCO2. The molecule has 2 N–H and O–H groups in total. The van der Waals surface area contributed by atoms with Gasteiger partial charge in [0.25, 0.3) is 0 Å². The molecule has 0 aromatic heterocycles. The Bertz CT molecular complexity index is 551. The van der Waals surface area contributed by atoms with Crippen LogP contribution in [-0.2, 0) is 5.54 Å². The van der Waals surface area contributed by atoms with Crippen LogP contribution in [0.15, 0.2) is 10.5 Å². The Labute approximate surface area is 141 Å². The third kappa shape index (κ3) is 2.88. The first-order valence-corrected chi connectivity index (χ1v) is 9.23. The third-order valence-corrected chi connectivity index (χ3v) is 5.47. The van der Waals surface area contributed by atoms with Crippen molar-refractivity contribution in [3.63, 3.8) is 0 Å². The Hall–Kier alpha value is -0.740. The second-order valence-corrected chi connectivity index (χ2v) is 7.75. The van der Waals surface area contributed by atoms with Crippen molar-refractivity contribution in [1.82, 2.24) is 0 Å². The summed E-state index contributed by atoms with van der Waals surface area (Å²) in [4.78, 5) is 0. The summed E-state index contributed by atoms with van der Waals surface area (Å²) >= 11 is 3.78. The van der Waals surface area contributed by atoms with Crippen LogP contribution >= 0.6 is 15.9 Å². The van der Waals surface area contributed by atoms with Gasteiger partial charge in [0.05, 0.1) is 13.2 Å². The quantitative estimate of drug-likeness (QED) is 0.812. The number of ether oxygens (including phenoxy) is 2. The molecule has 22 heavy (non-hydrogen) atoms. The Balaban J connectivity index is 2.18. The van der Waals surface area contributed by atoms with Gasteiger partial charge in [-0.3, -0.25) is 0 Å². The van der Waals surface area contributed by atoms with Crippen LogP contribution in [0.3, 0.4) is 0 Å². The number of nitrogens with two attached hydrogens (primary N) is 1. The maximum Gasteiger partial charge on any atom is 0.165 e. The number of fused-ring (bicyclic) bond motifs is 1. The summed E-state index contributed by atoms with van der Waals surface area (Å²) in [6.07, 6.45) is 6.71. The molecule has 0 amide bonds. The molecule has 1 saturated carbocycles. The minimum Gasteiger partial charge on any atom is -0.490 e. The fourth-order valence-electron chi connectivity index (χ4n) is 3.79. The zero-order chi connectivity index (χ0) is 15.7. The lowest BCUT2D eigenvalue weighted by Crippen LogP contribution is -2.40. The van der Waals surface area contributed by atoms with Crippen molar-refractivity contribution in [3.8, 4) is 11.5 Å². The van der Waals surface area contributed by atoms with E-state index in [1.54, 1.807) is 0 Å². The molecule has 1 aromatic carbocycles. The highest BCUT2D eigenvalue weighted by Gasteiger charge is 2.36. The van der Waals surface area contributed by atoms with Crippen molar-refractivity contribution in [2.45, 2.75) is 63.8 Å². The van der Waals surface area contributed by atoms with Crippen molar-refractivity contribution in [1.29, 1.82) is 0 Å². The molecule has 0 bridgehead atoms. The van der Waals surface area contributed by atoms with E-state index in [9.17, 15) is 0 Å². The van der Waals surface area contributed by atoms with Gasteiger partial charge in [0.2, 0.25) is 0 Å². The first-order chi connectivity index (χ1) is 10.5. The van der Waals surface area contributed by atoms with E-state index in [4.69, 9.17) is 15.2 Å². The van der Waals surface area contributed by atoms with Crippen molar-refractivity contribution >= 4 is 15.9 Å². The van der Waals surface area contributed by atoms with Crippen LogP contribution in [0.2, 0.25) is 0 Å². The summed E-state index contributed by atoms with van der Waals surface area (Å²) in [6, 6.07) is 2.06. The average Bonchev–Trinajstić information content (AvgIpc) is 2.71. The molecule has 2 aliphatic rings. The molecular formula is C18H26BrNO2. The Morgan fingerprint density at radius 2 is 1.77 bits per heavy atom. The molecule has 3 nitrogen and oxygen atoms in total. The molecule has 0 radical (unpaired) electrons. The lowest BCUT2D eigenvalue weighted by molar-refractivity contribution is 0.289. The monoisotopic (exact) mass is 367 g/mol. The van der Waals surface area contributed by atoms with Gasteiger partial charge in [-0.1, -0.05) is 49.0 Å². The normalized spacial score (nSPS) is 20.8. The van der Waals surface area contributed by atoms with Crippen LogP contribution < -0.4 is 15.2 Å². The van der Waals surface area contributed by atoms with Crippen LogP contribution in [0.4, 0.5) is 0 Å². The van der Waals surface area contributed by atoms with E-state index in [0.717, 1.165) is 35.2 Å². The first kappa shape index (κ1) is 16.1. The molecular weight excluding hydrogens is 342 g/mol. The molecule has 0 unspecified atom stereocenters. The second-order valence-electron chi connectivity index (χ2n) is 6.90. The fourth-order valence-corrected chi connectivity index (χ4v) is 4.60. The van der Waals surface area contributed by atoms with Crippen molar-refractivity contribution in [2.24, 2.45) is 5.73 Å². The molecule has 1 aliphatic heterocycles. The molecule has 0 atom stereocenters. The van der Waals surface area contributed by atoms with E-state index in [0.29, 0.717) is 19.1 Å². The van der Waals surface area contributed by atoms with E-state index in [2.05, 4.69) is 35.8 Å². The van der Waals surface area contributed by atoms with Crippen LogP contribution in [0.25, 0.3) is 0 Å². The van der Waals surface area contributed by atoms with Gasteiger partial charge < -0.3 is 15.2 Å². The zero-order valence-electron chi connectivity index (χ0n) is 13.6. The summed E-state index contributed by atoms with van der Waals surface area (Å²) in [7, 11) is 0. The largest absolute Gasteiger partial charge is 0.490 e. The highest BCUT2D eigenvalue weighted by atomic mass is 79.9. The van der Waals surface area contributed by atoms with Crippen LogP contribution in [0.5, 0.6) is 11.5 Å². The van der Waals surface area contributed by atoms with Crippen LogP contribution in [-0.4, -0.2) is 13.2 Å². The van der Waals surface area contributed by atoms with Gasteiger partial charge in [0, 0.05) is 22.0 Å². The predicted molar refractivity (Wildman–Crippen MR) is 92.8 cm³/mol. The molecule has 0 spiro atoms. The topological polar surface area (TPSA) is 44.5 Å². The van der Waals surface area contributed by atoms with Gasteiger partial charge in [-0.05, 0) is 30.4 Å². The van der Waals surface area contributed by atoms with Crippen molar-refractivity contribution in [3.05, 3.63) is 21.7 Å². The molecule has 3 rings (SSSR count). The maximum absolute atomic E-state index is 6.87. The summed E-state index contributed by atoms with van der Waals surface area (Å²) in [5.74, 6) is 2.13. The molecule has 4 heteroatoms. The smallest absolute Gasteiger partial charge is 0.165 e. The Morgan fingerprint density at radius 3 is 2.45 bits per heavy atom. The Morgan fingerprint density at radius 1 is 1.09 bits per heavy atom. The lowest BCUT2D eigenvalue weighted by Gasteiger charge is -2.37.